The van der Waals surface area contributed by atoms with Crippen LogP contribution in [0.15, 0.2) is 225 Å². The minimum atomic E-state index is -0.145. The first-order valence-corrected chi connectivity index (χ1v) is 24.3. The van der Waals surface area contributed by atoms with E-state index in [1.54, 1.807) is 12.4 Å². The second-order valence-corrected chi connectivity index (χ2v) is 18.8. The SMILES string of the molecule is CC1(c2ccc(-c3ccccn3)cc2)CCCC1(C)c1cc(CCc2ccc(-c3ccccn3)cc2)cc(-c2ccccc2-c2ccc(-c3ncccn3)cc2Oc2cccc(-c3ccccn3)c2)c1. The number of aryl methyl sites for hydroxylation is 2. The summed E-state index contributed by atoms with van der Waals surface area (Å²) in [7, 11) is 0. The number of hydrogen-bond donors (Lipinski definition) is 0. The molecule has 4 aromatic heterocycles. The summed E-state index contributed by atoms with van der Waals surface area (Å²) in [5.41, 5.74) is 16.5. The Morgan fingerprint density at radius 1 is 0.386 bits per heavy atom. The summed E-state index contributed by atoms with van der Waals surface area (Å²) >= 11 is 0. The van der Waals surface area contributed by atoms with E-state index in [-0.39, 0.29) is 10.8 Å². The zero-order chi connectivity index (χ0) is 47.3. The van der Waals surface area contributed by atoms with E-state index in [1.807, 2.05) is 73.2 Å². The molecule has 0 radical (unpaired) electrons. The number of aromatic nitrogens is 5. The Morgan fingerprint density at radius 3 is 1.61 bits per heavy atom. The van der Waals surface area contributed by atoms with Crippen LogP contribution >= 0.6 is 0 Å². The molecule has 0 spiro atoms. The van der Waals surface area contributed by atoms with Gasteiger partial charge in [0.15, 0.2) is 5.82 Å². The van der Waals surface area contributed by atoms with Crippen LogP contribution < -0.4 is 4.74 Å². The molecule has 1 saturated carbocycles. The van der Waals surface area contributed by atoms with Gasteiger partial charge >= 0.3 is 0 Å². The quantitative estimate of drug-likeness (QED) is 0.115. The molecule has 11 rings (SSSR count). The summed E-state index contributed by atoms with van der Waals surface area (Å²) in [6, 6.07) is 68.7. The molecule has 6 heteroatoms. The molecule has 0 bridgehead atoms. The van der Waals surface area contributed by atoms with E-state index in [2.05, 4.69) is 178 Å². The average Bonchev–Trinajstić information content (AvgIpc) is 3.76. The lowest BCUT2D eigenvalue weighted by atomic mass is 9.60. The lowest BCUT2D eigenvalue weighted by molar-refractivity contribution is 0.303. The molecule has 70 heavy (non-hydrogen) atoms. The van der Waals surface area contributed by atoms with Crippen molar-refractivity contribution in [1.82, 2.24) is 24.9 Å². The topological polar surface area (TPSA) is 73.7 Å². The molecule has 1 aliphatic rings. The minimum absolute atomic E-state index is 0.105. The first kappa shape index (κ1) is 44.2. The number of rotatable bonds is 13. The van der Waals surface area contributed by atoms with Crippen molar-refractivity contribution in [1.29, 1.82) is 0 Å². The largest absolute Gasteiger partial charge is 0.457 e. The van der Waals surface area contributed by atoms with Gasteiger partial charge in [-0.15, -0.1) is 0 Å². The summed E-state index contributed by atoms with van der Waals surface area (Å²) in [5.74, 6) is 2.06. The van der Waals surface area contributed by atoms with E-state index in [4.69, 9.17) is 4.74 Å². The molecule has 6 nitrogen and oxygen atoms in total. The van der Waals surface area contributed by atoms with Gasteiger partial charge in [0.25, 0.3) is 0 Å². The normalized spacial score (nSPS) is 16.5. The second-order valence-electron chi connectivity index (χ2n) is 18.8. The van der Waals surface area contributed by atoms with Crippen molar-refractivity contribution in [3.63, 3.8) is 0 Å². The Kier molecular flexibility index (Phi) is 12.2. The molecular formula is C64H53N5O. The van der Waals surface area contributed by atoms with Crippen LogP contribution in [-0.4, -0.2) is 24.9 Å². The van der Waals surface area contributed by atoms with Crippen molar-refractivity contribution < 1.29 is 4.74 Å². The van der Waals surface area contributed by atoms with Crippen molar-refractivity contribution in [2.75, 3.05) is 0 Å². The molecule has 0 aliphatic heterocycles. The van der Waals surface area contributed by atoms with Gasteiger partial charge in [0, 0.05) is 69.6 Å². The number of pyridine rings is 3. The van der Waals surface area contributed by atoms with Gasteiger partial charge in [0.05, 0.1) is 17.1 Å². The molecule has 0 saturated heterocycles. The highest BCUT2D eigenvalue weighted by Gasteiger charge is 2.50. The highest BCUT2D eigenvalue weighted by molar-refractivity contribution is 5.88. The van der Waals surface area contributed by atoms with Gasteiger partial charge in [-0.2, -0.15) is 0 Å². The fraction of sp³-hybridized carbons (Fsp3) is 0.141. The Balaban J connectivity index is 1.01. The van der Waals surface area contributed by atoms with Crippen LogP contribution in [0.3, 0.4) is 0 Å². The smallest absolute Gasteiger partial charge is 0.159 e. The van der Waals surface area contributed by atoms with Gasteiger partial charge in [-0.3, -0.25) is 15.0 Å². The number of benzene rings is 6. The lowest BCUT2D eigenvalue weighted by Gasteiger charge is -2.43. The average molecular weight is 908 g/mol. The van der Waals surface area contributed by atoms with E-state index >= 15 is 0 Å². The molecule has 340 valence electrons. The van der Waals surface area contributed by atoms with Crippen molar-refractivity contribution in [3.8, 4) is 78.9 Å². The first-order chi connectivity index (χ1) is 34.4. The summed E-state index contributed by atoms with van der Waals surface area (Å²) in [6.45, 7) is 5.00. The third kappa shape index (κ3) is 8.92. The van der Waals surface area contributed by atoms with E-state index in [9.17, 15) is 0 Å². The summed E-state index contributed by atoms with van der Waals surface area (Å²) in [5, 5.41) is 0. The van der Waals surface area contributed by atoms with Crippen LogP contribution in [0.25, 0.3) is 67.4 Å². The molecule has 0 N–H and O–H groups in total. The van der Waals surface area contributed by atoms with E-state index in [1.165, 1.54) is 27.8 Å². The highest BCUT2D eigenvalue weighted by Crippen LogP contribution is 2.56. The molecule has 6 aromatic carbocycles. The van der Waals surface area contributed by atoms with Gasteiger partial charge in [-0.1, -0.05) is 148 Å². The standard InChI is InChI=1S/C64H53N5O/c1-63(52-30-27-48(28-31-52)59-19-6-9-36-66-59)33-12-34-64(63,2)53-41-46(22-21-45-23-25-47(26-24-45)58-18-5-8-35-65-58)40-51(42-53)55-16-3-4-17-56(55)57-32-29-50(62-68-38-13-39-69-62)44-61(57)70-54-15-11-14-49(43-54)60-20-7-10-37-67-60/h3-11,13-20,23-32,35-44H,12,21-22,33-34H2,1-2H3. The molecule has 2 unspecified atom stereocenters. The molecule has 10 aromatic rings. The lowest BCUT2D eigenvalue weighted by Crippen LogP contribution is -2.40. The number of nitrogens with zero attached hydrogens (tertiary/aromatic N) is 5. The Bertz CT molecular complexity index is 3380. The molecule has 1 fully saturated rings. The number of ether oxygens (including phenoxy) is 1. The third-order valence-corrected chi connectivity index (χ3v) is 14.7. The maximum atomic E-state index is 6.97. The van der Waals surface area contributed by atoms with Gasteiger partial charge in [-0.05, 0) is 131 Å². The molecule has 0 amide bonds. The third-order valence-electron chi connectivity index (χ3n) is 14.7. The van der Waals surface area contributed by atoms with Crippen LogP contribution in [0.4, 0.5) is 0 Å². The van der Waals surface area contributed by atoms with E-state index in [0.29, 0.717) is 17.3 Å². The maximum Gasteiger partial charge on any atom is 0.159 e. The highest BCUT2D eigenvalue weighted by atomic mass is 16.5. The molecule has 1 aliphatic carbocycles. The van der Waals surface area contributed by atoms with Crippen LogP contribution in [-0.2, 0) is 23.7 Å². The summed E-state index contributed by atoms with van der Waals surface area (Å²) in [4.78, 5) is 23.1. The second kappa shape index (κ2) is 19.3. The molecular weight excluding hydrogens is 855 g/mol. The Hall–Kier alpha value is -8.35. The predicted octanol–water partition coefficient (Wildman–Crippen LogP) is 15.6. The van der Waals surface area contributed by atoms with Gasteiger partial charge in [-0.25, -0.2) is 9.97 Å². The zero-order valence-electron chi connectivity index (χ0n) is 39.5. The van der Waals surface area contributed by atoms with Gasteiger partial charge < -0.3 is 4.74 Å². The Morgan fingerprint density at radius 2 is 0.957 bits per heavy atom. The van der Waals surface area contributed by atoms with Crippen molar-refractivity contribution in [3.05, 3.63) is 247 Å². The predicted molar refractivity (Wildman–Crippen MR) is 283 cm³/mol. The molecule has 4 heterocycles. The van der Waals surface area contributed by atoms with Crippen molar-refractivity contribution in [2.45, 2.75) is 56.8 Å². The van der Waals surface area contributed by atoms with Crippen molar-refractivity contribution in [2.24, 2.45) is 0 Å². The zero-order valence-corrected chi connectivity index (χ0v) is 39.5. The van der Waals surface area contributed by atoms with Crippen LogP contribution in [0.5, 0.6) is 11.5 Å². The minimum Gasteiger partial charge on any atom is -0.457 e. The van der Waals surface area contributed by atoms with E-state index in [0.717, 1.165) is 88.1 Å². The monoisotopic (exact) mass is 907 g/mol. The summed E-state index contributed by atoms with van der Waals surface area (Å²) in [6.07, 6.45) is 14.2. The van der Waals surface area contributed by atoms with E-state index < -0.39 is 0 Å². The van der Waals surface area contributed by atoms with Gasteiger partial charge in [0.2, 0.25) is 0 Å². The number of hydrogen-bond acceptors (Lipinski definition) is 6. The molecule has 2 atom stereocenters. The van der Waals surface area contributed by atoms with Crippen LogP contribution in [0, 0.1) is 0 Å². The van der Waals surface area contributed by atoms with Crippen LogP contribution in [0.1, 0.15) is 55.4 Å². The summed E-state index contributed by atoms with van der Waals surface area (Å²) < 4.78 is 6.97. The fourth-order valence-electron chi connectivity index (χ4n) is 10.6. The van der Waals surface area contributed by atoms with Gasteiger partial charge in [0.1, 0.15) is 11.5 Å². The Labute approximate surface area is 410 Å². The van der Waals surface area contributed by atoms with Crippen LogP contribution in [0.2, 0.25) is 0 Å². The maximum absolute atomic E-state index is 6.97. The first-order valence-electron chi connectivity index (χ1n) is 24.3. The van der Waals surface area contributed by atoms with Crippen molar-refractivity contribution >= 4 is 0 Å². The fourth-order valence-corrected chi connectivity index (χ4v) is 10.6.